The second kappa shape index (κ2) is 5.93. The van der Waals surface area contributed by atoms with Crippen molar-refractivity contribution in [3.8, 4) is 0 Å². The molecule has 1 aromatic carbocycles. The van der Waals surface area contributed by atoms with E-state index in [1.807, 2.05) is 17.5 Å². The number of rotatable bonds is 5. The lowest BCUT2D eigenvalue weighted by molar-refractivity contribution is -0.138. The molecule has 0 saturated carbocycles. The molecule has 0 bridgehead atoms. The number of carbonyl (C=O) groups is 1. The molecule has 0 fully saturated rings. The Bertz CT molecular complexity index is 535. The molecule has 1 heterocycles. The number of thiophene rings is 1. The third-order valence-corrected chi connectivity index (χ3v) is 5.27. The Hall–Kier alpha value is -1.46. The summed E-state index contributed by atoms with van der Waals surface area (Å²) in [4.78, 5) is 11.3. The van der Waals surface area contributed by atoms with E-state index in [2.05, 4.69) is 0 Å². The molecule has 2 atom stereocenters. The van der Waals surface area contributed by atoms with Crippen molar-refractivity contribution in [2.75, 3.05) is 5.75 Å². The first-order chi connectivity index (χ1) is 8.68. The summed E-state index contributed by atoms with van der Waals surface area (Å²) in [6.07, 6.45) is 0. The van der Waals surface area contributed by atoms with Gasteiger partial charge in [0.2, 0.25) is 0 Å². The van der Waals surface area contributed by atoms with Gasteiger partial charge in [0.1, 0.15) is 0 Å². The van der Waals surface area contributed by atoms with E-state index >= 15 is 0 Å². The summed E-state index contributed by atoms with van der Waals surface area (Å²) < 4.78 is 12.8. The van der Waals surface area contributed by atoms with Crippen molar-refractivity contribution in [3.63, 3.8) is 0 Å². The zero-order valence-corrected chi connectivity index (χ0v) is 11.1. The van der Waals surface area contributed by atoms with E-state index in [1.165, 1.54) is 11.3 Å². The quantitative estimate of drug-likeness (QED) is 0.916. The first-order valence-corrected chi connectivity index (χ1v) is 7.58. The SMILES string of the molecule is O=C(O)C(CS(=O)c1cccs1)c1ccccc1. The molecular formula is C13H12O3S2. The predicted octanol–water partition coefficient (Wildman–Crippen LogP) is 2.72. The second-order valence-electron chi connectivity index (χ2n) is 3.75. The third-order valence-electron chi connectivity index (χ3n) is 2.54. The molecule has 0 radical (unpaired) electrons. The standard InChI is InChI=1S/C13H12O3S2/c14-13(15)11(10-5-2-1-3-6-10)9-18(16)12-7-4-8-17-12/h1-8,11H,9H2,(H,14,15). The number of benzene rings is 1. The minimum atomic E-state index is -1.27. The van der Waals surface area contributed by atoms with Crippen LogP contribution < -0.4 is 0 Å². The molecule has 0 aliphatic heterocycles. The summed E-state index contributed by atoms with van der Waals surface area (Å²) in [5.41, 5.74) is 0.690. The van der Waals surface area contributed by atoms with Crippen LogP contribution in [-0.2, 0) is 15.6 Å². The minimum absolute atomic E-state index is 0.111. The molecule has 2 unspecified atom stereocenters. The lowest BCUT2D eigenvalue weighted by atomic mass is 10.0. The Labute approximate surface area is 112 Å². The molecule has 1 aromatic heterocycles. The van der Waals surface area contributed by atoms with Crippen LogP contribution in [0.4, 0.5) is 0 Å². The van der Waals surface area contributed by atoms with E-state index in [1.54, 1.807) is 30.3 Å². The lowest BCUT2D eigenvalue weighted by Gasteiger charge is -2.11. The molecule has 0 amide bonds. The third kappa shape index (κ3) is 3.05. The van der Waals surface area contributed by atoms with Crippen molar-refractivity contribution in [2.24, 2.45) is 0 Å². The van der Waals surface area contributed by atoms with Crippen LogP contribution >= 0.6 is 11.3 Å². The molecule has 0 aliphatic rings. The Morgan fingerprint density at radius 3 is 2.50 bits per heavy atom. The van der Waals surface area contributed by atoms with Gasteiger partial charge in [-0.3, -0.25) is 9.00 Å². The second-order valence-corrected chi connectivity index (χ2v) is 6.42. The van der Waals surface area contributed by atoms with Gasteiger partial charge < -0.3 is 5.11 Å². The van der Waals surface area contributed by atoms with Crippen molar-refractivity contribution >= 4 is 28.1 Å². The molecule has 1 N–H and O–H groups in total. The molecule has 94 valence electrons. The van der Waals surface area contributed by atoms with Gasteiger partial charge in [-0.05, 0) is 17.0 Å². The molecule has 2 rings (SSSR count). The van der Waals surface area contributed by atoms with Crippen LogP contribution in [0.3, 0.4) is 0 Å². The van der Waals surface area contributed by atoms with E-state index in [9.17, 15) is 14.1 Å². The van der Waals surface area contributed by atoms with Gasteiger partial charge in [-0.2, -0.15) is 0 Å². The first kappa shape index (κ1) is 13.0. The summed E-state index contributed by atoms with van der Waals surface area (Å²) in [6, 6.07) is 12.5. The summed E-state index contributed by atoms with van der Waals surface area (Å²) in [7, 11) is -1.27. The van der Waals surface area contributed by atoms with Gasteiger partial charge >= 0.3 is 5.97 Å². The summed E-state index contributed by atoms with van der Waals surface area (Å²) in [5.74, 6) is -1.56. The Morgan fingerprint density at radius 2 is 1.94 bits per heavy atom. The first-order valence-electron chi connectivity index (χ1n) is 5.38. The maximum atomic E-state index is 12.1. The highest BCUT2D eigenvalue weighted by molar-refractivity contribution is 7.87. The van der Waals surface area contributed by atoms with E-state index in [4.69, 9.17) is 0 Å². The van der Waals surface area contributed by atoms with Gasteiger partial charge in [-0.15, -0.1) is 11.3 Å². The van der Waals surface area contributed by atoms with Crippen LogP contribution in [0.25, 0.3) is 0 Å². The van der Waals surface area contributed by atoms with Crippen molar-refractivity contribution in [3.05, 3.63) is 53.4 Å². The van der Waals surface area contributed by atoms with Crippen molar-refractivity contribution in [1.82, 2.24) is 0 Å². The average molecular weight is 280 g/mol. The molecule has 0 aliphatic carbocycles. The van der Waals surface area contributed by atoms with Crippen molar-refractivity contribution in [2.45, 2.75) is 10.1 Å². The van der Waals surface area contributed by atoms with Crippen LogP contribution in [0.5, 0.6) is 0 Å². The van der Waals surface area contributed by atoms with Gasteiger partial charge in [0, 0.05) is 5.75 Å². The zero-order valence-electron chi connectivity index (χ0n) is 9.48. The average Bonchev–Trinajstić information content (AvgIpc) is 2.90. The highest BCUT2D eigenvalue weighted by atomic mass is 32.2. The maximum absolute atomic E-state index is 12.1. The number of carboxylic acid groups (broad SMARTS) is 1. The summed E-state index contributed by atoms with van der Waals surface area (Å²) in [6.45, 7) is 0. The van der Waals surface area contributed by atoms with Gasteiger partial charge in [0.25, 0.3) is 0 Å². The Morgan fingerprint density at radius 1 is 1.22 bits per heavy atom. The summed E-state index contributed by atoms with van der Waals surface area (Å²) >= 11 is 1.39. The molecule has 18 heavy (non-hydrogen) atoms. The molecule has 5 heteroatoms. The minimum Gasteiger partial charge on any atom is -0.481 e. The number of carboxylic acids is 1. The Kier molecular flexibility index (Phi) is 4.28. The Balaban J connectivity index is 2.18. The van der Waals surface area contributed by atoms with Crippen LogP contribution in [0.2, 0.25) is 0 Å². The smallest absolute Gasteiger partial charge is 0.311 e. The van der Waals surface area contributed by atoms with Gasteiger partial charge in [0.15, 0.2) is 0 Å². The van der Waals surface area contributed by atoms with Crippen LogP contribution in [0.15, 0.2) is 52.1 Å². The van der Waals surface area contributed by atoms with E-state index in [-0.39, 0.29) is 5.75 Å². The highest BCUT2D eigenvalue weighted by Gasteiger charge is 2.23. The summed E-state index contributed by atoms with van der Waals surface area (Å²) in [5, 5.41) is 11.1. The lowest BCUT2D eigenvalue weighted by Crippen LogP contribution is -2.18. The fourth-order valence-corrected chi connectivity index (χ4v) is 3.90. The van der Waals surface area contributed by atoms with Gasteiger partial charge in [-0.25, -0.2) is 0 Å². The van der Waals surface area contributed by atoms with E-state index in [0.29, 0.717) is 5.56 Å². The van der Waals surface area contributed by atoms with Crippen LogP contribution in [-0.4, -0.2) is 21.0 Å². The molecular weight excluding hydrogens is 268 g/mol. The molecule has 3 nitrogen and oxygen atoms in total. The van der Waals surface area contributed by atoms with Gasteiger partial charge in [0.05, 0.1) is 20.9 Å². The van der Waals surface area contributed by atoms with Crippen molar-refractivity contribution in [1.29, 1.82) is 0 Å². The number of hydrogen-bond acceptors (Lipinski definition) is 3. The predicted molar refractivity (Wildman–Crippen MR) is 72.4 cm³/mol. The van der Waals surface area contributed by atoms with Crippen LogP contribution in [0.1, 0.15) is 11.5 Å². The van der Waals surface area contributed by atoms with E-state index in [0.717, 1.165) is 4.21 Å². The molecule has 0 saturated heterocycles. The molecule has 0 spiro atoms. The van der Waals surface area contributed by atoms with E-state index < -0.39 is 22.7 Å². The zero-order chi connectivity index (χ0) is 13.0. The fraction of sp³-hybridized carbons (Fsp3) is 0.154. The van der Waals surface area contributed by atoms with Gasteiger partial charge in [-0.1, -0.05) is 36.4 Å². The van der Waals surface area contributed by atoms with Crippen LogP contribution in [0, 0.1) is 0 Å². The number of hydrogen-bond donors (Lipinski definition) is 1. The number of aliphatic carboxylic acids is 1. The monoisotopic (exact) mass is 280 g/mol. The highest BCUT2D eigenvalue weighted by Crippen LogP contribution is 2.22. The fourth-order valence-electron chi connectivity index (χ4n) is 1.62. The molecule has 2 aromatic rings. The largest absolute Gasteiger partial charge is 0.481 e. The maximum Gasteiger partial charge on any atom is 0.311 e. The topological polar surface area (TPSA) is 54.4 Å². The normalized spacial score (nSPS) is 14.0. The van der Waals surface area contributed by atoms with Crippen molar-refractivity contribution < 1.29 is 14.1 Å².